The molecule has 7 N–H and O–H groups in total. The molecule has 0 unspecified atom stereocenters. The summed E-state index contributed by atoms with van der Waals surface area (Å²) >= 11 is 1.32. The molecular weight excluding hydrogens is 1340 g/mol. The number of aliphatic hydroxyl groups is 1. The van der Waals surface area contributed by atoms with Crippen molar-refractivity contribution in [1.82, 2.24) is 65.5 Å². The van der Waals surface area contributed by atoms with Crippen molar-refractivity contribution >= 4 is 87.7 Å². The van der Waals surface area contributed by atoms with E-state index in [1.807, 2.05) is 53.7 Å². The van der Waals surface area contributed by atoms with Crippen LogP contribution in [0.25, 0.3) is 10.6 Å². The number of nitrogen functional groups attached to an aromatic ring is 1. The van der Waals surface area contributed by atoms with Crippen molar-refractivity contribution in [2.75, 3.05) is 68.2 Å². The van der Waals surface area contributed by atoms with Crippen molar-refractivity contribution in [3.05, 3.63) is 42.2 Å². The molecule has 1 fully saturated rings. The van der Waals surface area contributed by atoms with Crippen LogP contribution in [0.1, 0.15) is 161 Å². The summed E-state index contributed by atoms with van der Waals surface area (Å²) in [5.74, 6) is -10.4. The van der Waals surface area contributed by atoms with Gasteiger partial charge in [0.05, 0.1) is 29.3 Å². The predicted molar refractivity (Wildman–Crippen MR) is 397 cm³/mol. The lowest BCUT2D eigenvalue weighted by atomic mass is 9.91. The highest BCUT2D eigenvalue weighted by Gasteiger charge is 2.46. The summed E-state index contributed by atoms with van der Waals surface area (Å²) in [5, 5.41) is 27.7. The van der Waals surface area contributed by atoms with Crippen molar-refractivity contribution < 1.29 is 67.4 Å². The molecule has 0 aromatic carbocycles. The molecule has 0 aliphatic carbocycles. The summed E-state index contributed by atoms with van der Waals surface area (Å²) in [6.07, 6.45) is 7.22. The minimum absolute atomic E-state index is 0.0280. The van der Waals surface area contributed by atoms with Crippen molar-refractivity contribution in [2.45, 2.75) is 235 Å². The van der Waals surface area contributed by atoms with E-state index in [1.54, 1.807) is 86.2 Å². The third-order valence-corrected chi connectivity index (χ3v) is 19.4. The van der Waals surface area contributed by atoms with Crippen molar-refractivity contribution in [3.8, 4) is 10.6 Å². The number of hydrogen-bond acceptors (Lipinski definition) is 19. The Kier molecular flexibility index (Phi) is 36.3. The van der Waals surface area contributed by atoms with Crippen LogP contribution < -0.4 is 27.0 Å². The topological polar surface area (TPSA) is 361 Å². The van der Waals surface area contributed by atoms with Gasteiger partial charge in [0.15, 0.2) is 5.13 Å². The number of carbonyl (C=O) groups excluding carboxylic acids is 11. The molecule has 29 nitrogen and oxygen atoms in total. The molecule has 1 aliphatic heterocycles. The number of oxime groups is 1. The number of anilines is 1. The predicted octanol–water partition coefficient (Wildman–Crippen LogP) is 4.71. The fourth-order valence-electron chi connectivity index (χ4n) is 12.3. The smallest absolute Gasteiger partial charge is 0.246 e. The van der Waals surface area contributed by atoms with Crippen LogP contribution in [0.15, 0.2) is 41.8 Å². The maximum absolute atomic E-state index is 15.3. The first-order chi connectivity index (χ1) is 48.1. The van der Waals surface area contributed by atoms with Gasteiger partial charge >= 0.3 is 0 Å². The molecule has 3 heterocycles. The number of allylic oxidation sites excluding steroid dienone is 2. The van der Waals surface area contributed by atoms with Gasteiger partial charge in [-0.3, -0.25) is 57.7 Å². The number of likely N-dealkylation sites (N-methyl/N-ethyl adjacent to an activating group) is 7. The number of nitrogens with zero attached hydrogens (tertiary/aromatic N) is 10. The summed E-state index contributed by atoms with van der Waals surface area (Å²) in [6.45, 7) is 27.1. The van der Waals surface area contributed by atoms with E-state index in [0.717, 1.165) is 25.1 Å². The van der Waals surface area contributed by atoms with E-state index in [4.69, 9.17) is 15.3 Å². The lowest BCUT2D eigenvalue weighted by Crippen LogP contribution is -2.63. The Morgan fingerprint density at radius 3 is 1.68 bits per heavy atom. The quantitative estimate of drug-likeness (QED) is 0.0380. The van der Waals surface area contributed by atoms with Crippen LogP contribution in [0.3, 0.4) is 0 Å². The highest BCUT2D eigenvalue weighted by molar-refractivity contribution is 7.18. The molecule has 0 saturated carbocycles. The number of aliphatic hydroxyl groups excluding tert-OH is 1. The summed E-state index contributed by atoms with van der Waals surface area (Å²) in [4.78, 5) is 186. The van der Waals surface area contributed by atoms with E-state index in [0.29, 0.717) is 23.7 Å². The van der Waals surface area contributed by atoms with Gasteiger partial charge in [-0.15, -0.1) is 0 Å². The van der Waals surface area contributed by atoms with Crippen molar-refractivity contribution in [3.63, 3.8) is 0 Å². The molecular formula is C73H121N15O14S. The fourth-order valence-corrected chi connectivity index (χ4v) is 12.9. The Morgan fingerprint density at radius 2 is 1.16 bits per heavy atom. The zero-order valence-corrected chi connectivity index (χ0v) is 66.0. The zero-order valence-electron chi connectivity index (χ0n) is 65.2. The Balaban J connectivity index is 2.21. The number of hydrogen-bond donors (Lipinski definition) is 6. The second kappa shape index (κ2) is 42.0. The van der Waals surface area contributed by atoms with Gasteiger partial charge in [-0.2, -0.15) is 0 Å². The van der Waals surface area contributed by atoms with Gasteiger partial charge in [-0.25, -0.2) is 4.98 Å². The standard InChI is InChI=1S/C73H121N15O14S/c1-24-26-29-46(13)62(90)61-66(94)80-51(25-2)68(96)82(17)39-57(89)86(21)60(49(16)101-33-28-27-32-77-102-40-50-30-31-52(75-37-50)56-38-76-73(74)103-56)65(93)81-58(44(9)10)71(99)83(18)53(34-41(3)4)64(92)78-47(14)63(91)79-48(15)67(95)84(19)54(35-42(5)6)69(97)85(20)55(36-43(7)8)70(98)87(22)59(45(11)12)72(100)88(61)23/h24,26,30-32,37-38,41-49,51,53-55,58-62,90H,25,27-29,33-36,39-40H2,1-23H3,(H2,74,76)(H,78,92)(H,79,91)(H,80,94)(H,81,93)/b26-24+,77-32+/t46-,47+,48+,49-,51+,53-,54+,55-,58+,59+,60+,61+,62-/m1/s1. The van der Waals surface area contributed by atoms with Crippen LogP contribution in [-0.2, 0) is 68.9 Å². The number of amides is 11. The van der Waals surface area contributed by atoms with Gasteiger partial charge in [-0.1, -0.05) is 118 Å². The number of pyridine rings is 1. The van der Waals surface area contributed by atoms with Crippen LogP contribution in [0.2, 0.25) is 0 Å². The largest absolute Gasteiger partial charge is 0.391 e. The van der Waals surface area contributed by atoms with Crippen molar-refractivity contribution in [2.24, 2.45) is 40.7 Å². The molecule has 13 atom stereocenters. The van der Waals surface area contributed by atoms with Crippen molar-refractivity contribution in [1.29, 1.82) is 0 Å². The van der Waals surface area contributed by atoms with Crippen LogP contribution in [0.4, 0.5) is 5.13 Å². The van der Waals surface area contributed by atoms with Crippen LogP contribution in [0.5, 0.6) is 0 Å². The number of thiazole rings is 1. The van der Waals surface area contributed by atoms with E-state index in [9.17, 15) is 33.9 Å². The number of carbonyl (C=O) groups is 11. The Labute approximate surface area is 614 Å². The molecule has 2 aromatic rings. The molecule has 0 bridgehead atoms. The number of rotatable bonds is 23. The highest BCUT2D eigenvalue weighted by atomic mass is 32.1. The molecule has 2 aromatic heterocycles. The first-order valence-corrected chi connectivity index (χ1v) is 36.7. The molecule has 1 saturated heterocycles. The number of unbranched alkanes of at least 4 members (excludes halogenated alkanes) is 1. The fraction of sp³-hybridized carbons (Fsp3) is 0.699. The van der Waals surface area contributed by atoms with E-state index in [-0.39, 0.29) is 63.1 Å². The molecule has 1 aliphatic rings. The minimum atomic E-state index is -1.66. The summed E-state index contributed by atoms with van der Waals surface area (Å²) < 4.78 is 6.28. The molecule has 578 valence electrons. The Morgan fingerprint density at radius 1 is 0.612 bits per heavy atom. The maximum atomic E-state index is 15.3. The summed E-state index contributed by atoms with van der Waals surface area (Å²) in [7, 11) is 9.75. The average molecular weight is 1460 g/mol. The van der Waals surface area contributed by atoms with Gasteiger partial charge in [0.25, 0.3) is 0 Å². The molecule has 11 amide bonds. The van der Waals surface area contributed by atoms with E-state index >= 15 is 24.0 Å². The normalized spacial score (nSPS) is 24.6. The molecule has 30 heteroatoms. The highest BCUT2D eigenvalue weighted by Crippen LogP contribution is 2.28. The SMILES string of the molecule is C/C=C/C[C@@H](C)[C@@H](O)[C@H]1C(=O)N[C@@H](CC)C(=O)N(C)CC(=O)N(C)[C@@H]([C@@H](C)OCCC/C=N/OCc2ccc(-c3cnc(N)s3)nc2)C(=O)N[C@@H](C(C)C)C(=O)N(C)[C@H](CC(C)C)C(=O)N[C@@H](C)C(=O)N[C@@H](C)C(=O)N(C)[C@@H](CC(C)C)C(=O)N(C)[C@H](CC(C)C)C(=O)N(C)[C@@H](C(C)C)C(=O)N1C. The zero-order chi connectivity index (χ0) is 78.2. The van der Waals surface area contributed by atoms with Gasteiger partial charge in [0, 0.05) is 80.1 Å². The molecule has 3 rings (SSSR count). The van der Waals surface area contributed by atoms with E-state index in [2.05, 4.69) is 36.4 Å². The molecule has 0 spiro atoms. The van der Waals surface area contributed by atoms with Gasteiger partial charge in [0.2, 0.25) is 65.0 Å². The van der Waals surface area contributed by atoms with E-state index in [1.165, 1.54) is 94.1 Å². The Hall–Kier alpha value is -8.12. The third-order valence-electron chi connectivity index (χ3n) is 18.6. The monoisotopic (exact) mass is 1460 g/mol. The maximum Gasteiger partial charge on any atom is 0.246 e. The van der Waals surface area contributed by atoms with Crippen LogP contribution >= 0.6 is 11.3 Å². The second-order valence-corrected chi connectivity index (χ2v) is 30.3. The van der Waals surface area contributed by atoms with Gasteiger partial charge in [0.1, 0.15) is 67.0 Å². The number of nitrogens with one attached hydrogen (secondary N) is 4. The van der Waals surface area contributed by atoms with Gasteiger partial charge < -0.3 is 76.0 Å². The third kappa shape index (κ3) is 25.6. The molecule has 0 radical (unpaired) electrons. The summed E-state index contributed by atoms with van der Waals surface area (Å²) in [5.41, 5.74) is 7.27. The van der Waals surface area contributed by atoms with Gasteiger partial charge in [-0.05, 0) is 114 Å². The first-order valence-electron chi connectivity index (χ1n) is 35.9. The summed E-state index contributed by atoms with van der Waals surface area (Å²) in [6, 6.07) is -9.45. The lowest BCUT2D eigenvalue weighted by Gasteiger charge is -2.41. The first kappa shape index (κ1) is 89.1. The van der Waals surface area contributed by atoms with E-state index < -0.39 is 162 Å². The number of aromatic nitrogens is 2. The average Bonchev–Trinajstić information content (AvgIpc) is 1.27. The van der Waals surface area contributed by atoms with Crippen LogP contribution in [-0.4, -0.2) is 256 Å². The number of nitrogens with two attached hydrogens (primary N) is 1. The minimum Gasteiger partial charge on any atom is -0.391 e. The lowest BCUT2D eigenvalue weighted by molar-refractivity contribution is -0.157. The van der Waals surface area contributed by atoms with Crippen LogP contribution in [0, 0.1) is 35.5 Å². The number of ether oxygens (including phenoxy) is 1. The second-order valence-electron chi connectivity index (χ2n) is 29.3. The Bertz CT molecular complexity index is 3220. The molecule has 103 heavy (non-hydrogen) atoms.